The Labute approximate surface area is 123 Å². The molecule has 0 spiro atoms. The van der Waals surface area contributed by atoms with Crippen LogP contribution in [0.2, 0.25) is 0 Å². The van der Waals surface area contributed by atoms with Crippen LogP contribution in [0, 0.1) is 0 Å². The van der Waals surface area contributed by atoms with Crippen molar-refractivity contribution < 1.29 is 4.39 Å². The van der Waals surface area contributed by atoms with Crippen LogP contribution in [0.25, 0.3) is 5.57 Å². The molecule has 110 valence electrons. The molecule has 5 nitrogen and oxygen atoms in total. The van der Waals surface area contributed by atoms with Crippen molar-refractivity contribution in [2.75, 3.05) is 36.8 Å². The van der Waals surface area contributed by atoms with Gasteiger partial charge < -0.3 is 16.0 Å². The summed E-state index contributed by atoms with van der Waals surface area (Å²) in [6, 6.07) is 0. The zero-order valence-electron chi connectivity index (χ0n) is 11.7. The van der Waals surface area contributed by atoms with Gasteiger partial charge in [-0.25, -0.2) is 14.4 Å². The number of halogens is 1. The summed E-state index contributed by atoms with van der Waals surface area (Å²) in [6.45, 7) is 3.56. The van der Waals surface area contributed by atoms with E-state index in [1.165, 1.54) is 18.5 Å². The molecule has 0 radical (unpaired) electrons. The quantitative estimate of drug-likeness (QED) is 0.866. The highest BCUT2D eigenvalue weighted by molar-refractivity contribution is 5.87. The fourth-order valence-electron chi connectivity index (χ4n) is 2.57. The Morgan fingerprint density at radius 3 is 2.76 bits per heavy atom. The average Bonchev–Trinajstić information content (AvgIpc) is 2.72. The van der Waals surface area contributed by atoms with Crippen LogP contribution < -0.4 is 16.0 Å². The second kappa shape index (κ2) is 6.05. The van der Waals surface area contributed by atoms with E-state index in [9.17, 15) is 4.39 Å². The van der Waals surface area contributed by atoms with E-state index < -0.39 is 0 Å². The molecule has 0 saturated carbocycles. The first-order chi connectivity index (χ1) is 10.3. The Morgan fingerprint density at radius 2 is 1.95 bits per heavy atom. The summed E-state index contributed by atoms with van der Waals surface area (Å²) < 4.78 is 13.3. The van der Waals surface area contributed by atoms with Crippen LogP contribution in [0.4, 0.5) is 16.0 Å². The third-order valence-corrected chi connectivity index (χ3v) is 3.63. The molecule has 0 bridgehead atoms. The van der Waals surface area contributed by atoms with Crippen molar-refractivity contribution in [3.63, 3.8) is 0 Å². The second-order valence-electron chi connectivity index (χ2n) is 5.01. The number of hydrogen-bond donors (Lipinski definition) is 2. The zero-order valence-corrected chi connectivity index (χ0v) is 11.7. The standard InChI is InChI=1S/C15H18FN5/c16-12-3-1-2-11(4-5-12)13-14(17)19-10-20-15(13)21-8-6-18-7-9-21/h2-5,10,18H,1,6-9H2,(H2,17,19,20). The van der Waals surface area contributed by atoms with E-state index >= 15 is 0 Å². The van der Waals surface area contributed by atoms with E-state index in [2.05, 4.69) is 20.2 Å². The normalized spacial score (nSPS) is 19.0. The van der Waals surface area contributed by atoms with E-state index in [0.717, 1.165) is 43.1 Å². The van der Waals surface area contributed by atoms with E-state index in [4.69, 9.17) is 5.73 Å². The second-order valence-corrected chi connectivity index (χ2v) is 5.01. The summed E-state index contributed by atoms with van der Waals surface area (Å²) in [7, 11) is 0. The lowest BCUT2D eigenvalue weighted by atomic mass is 10.0. The fourth-order valence-corrected chi connectivity index (χ4v) is 2.57. The molecule has 1 aliphatic carbocycles. The number of piperazine rings is 1. The molecule has 1 saturated heterocycles. The number of anilines is 2. The number of aromatic nitrogens is 2. The summed E-state index contributed by atoms with van der Waals surface area (Å²) in [5, 5.41) is 3.31. The molecule has 2 aliphatic rings. The Morgan fingerprint density at radius 1 is 1.14 bits per heavy atom. The van der Waals surface area contributed by atoms with Crippen LogP contribution in [0.3, 0.4) is 0 Å². The number of hydrogen-bond acceptors (Lipinski definition) is 5. The largest absolute Gasteiger partial charge is 0.383 e. The molecule has 0 aromatic carbocycles. The molecular formula is C15H18FN5. The van der Waals surface area contributed by atoms with E-state index in [-0.39, 0.29) is 5.83 Å². The van der Waals surface area contributed by atoms with Crippen molar-refractivity contribution in [1.29, 1.82) is 0 Å². The topological polar surface area (TPSA) is 67.1 Å². The Kier molecular flexibility index (Phi) is 3.96. The maximum Gasteiger partial charge on any atom is 0.142 e. The molecule has 0 unspecified atom stereocenters. The molecule has 1 aromatic heterocycles. The van der Waals surface area contributed by atoms with Gasteiger partial charge in [0.15, 0.2) is 0 Å². The molecule has 1 fully saturated rings. The lowest BCUT2D eigenvalue weighted by molar-refractivity contribution is 0.584. The molecule has 0 amide bonds. The highest BCUT2D eigenvalue weighted by atomic mass is 19.1. The minimum atomic E-state index is -0.236. The van der Waals surface area contributed by atoms with Gasteiger partial charge in [-0.3, -0.25) is 0 Å². The molecule has 6 heteroatoms. The molecule has 1 aliphatic heterocycles. The zero-order chi connectivity index (χ0) is 14.7. The predicted octanol–water partition coefficient (Wildman–Crippen LogP) is 1.67. The van der Waals surface area contributed by atoms with Crippen molar-refractivity contribution in [3.05, 3.63) is 42.0 Å². The number of nitrogens with two attached hydrogens (primary N) is 1. The molecule has 2 heterocycles. The number of rotatable bonds is 2. The SMILES string of the molecule is Nc1ncnc(N2CCNCC2)c1C1=CCC=C(F)C=C1. The lowest BCUT2D eigenvalue weighted by Crippen LogP contribution is -2.44. The number of nitrogen functional groups attached to an aromatic ring is 1. The van der Waals surface area contributed by atoms with Crippen LogP contribution in [-0.4, -0.2) is 36.1 Å². The first kappa shape index (κ1) is 13.8. The van der Waals surface area contributed by atoms with Gasteiger partial charge in [0.1, 0.15) is 23.8 Å². The smallest absolute Gasteiger partial charge is 0.142 e. The average molecular weight is 287 g/mol. The van der Waals surface area contributed by atoms with Crippen LogP contribution in [0.1, 0.15) is 12.0 Å². The monoisotopic (exact) mass is 287 g/mol. The molecule has 3 N–H and O–H groups in total. The predicted molar refractivity (Wildman–Crippen MR) is 82.5 cm³/mol. The maximum atomic E-state index is 13.3. The summed E-state index contributed by atoms with van der Waals surface area (Å²) in [6.07, 6.45) is 8.68. The molecule has 0 atom stereocenters. The number of allylic oxidation sites excluding steroid dienone is 6. The summed E-state index contributed by atoms with van der Waals surface area (Å²) in [4.78, 5) is 10.7. The van der Waals surface area contributed by atoms with Gasteiger partial charge in [0, 0.05) is 26.2 Å². The van der Waals surface area contributed by atoms with Crippen LogP contribution in [0.5, 0.6) is 0 Å². The van der Waals surface area contributed by atoms with Crippen LogP contribution >= 0.6 is 0 Å². The Bertz CT molecular complexity index is 614. The minimum Gasteiger partial charge on any atom is -0.383 e. The van der Waals surface area contributed by atoms with Crippen molar-refractivity contribution in [1.82, 2.24) is 15.3 Å². The molecule has 1 aromatic rings. The van der Waals surface area contributed by atoms with E-state index in [1.807, 2.05) is 6.08 Å². The number of nitrogens with zero attached hydrogens (tertiary/aromatic N) is 3. The van der Waals surface area contributed by atoms with Crippen molar-refractivity contribution >= 4 is 17.2 Å². The van der Waals surface area contributed by atoms with Crippen molar-refractivity contribution in [2.24, 2.45) is 0 Å². The van der Waals surface area contributed by atoms with Gasteiger partial charge in [0.25, 0.3) is 0 Å². The Balaban J connectivity index is 2.01. The van der Waals surface area contributed by atoms with Crippen LogP contribution in [-0.2, 0) is 0 Å². The summed E-state index contributed by atoms with van der Waals surface area (Å²) in [5.74, 6) is 1.01. The van der Waals surface area contributed by atoms with Crippen molar-refractivity contribution in [2.45, 2.75) is 6.42 Å². The Hall–Kier alpha value is -2.21. The maximum absolute atomic E-state index is 13.3. The first-order valence-corrected chi connectivity index (χ1v) is 7.06. The van der Waals surface area contributed by atoms with Crippen LogP contribution in [0.15, 0.2) is 36.5 Å². The third-order valence-electron chi connectivity index (χ3n) is 3.63. The van der Waals surface area contributed by atoms with Gasteiger partial charge in [0.05, 0.1) is 5.56 Å². The minimum absolute atomic E-state index is 0.236. The van der Waals surface area contributed by atoms with E-state index in [1.54, 1.807) is 6.08 Å². The highest BCUT2D eigenvalue weighted by Crippen LogP contribution is 2.31. The van der Waals surface area contributed by atoms with Gasteiger partial charge in [0.2, 0.25) is 0 Å². The highest BCUT2D eigenvalue weighted by Gasteiger charge is 2.20. The first-order valence-electron chi connectivity index (χ1n) is 7.06. The van der Waals surface area contributed by atoms with Gasteiger partial charge >= 0.3 is 0 Å². The third kappa shape index (κ3) is 2.95. The van der Waals surface area contributed by atoms with Gasteiger partial charge in [-0.05, 0) is 24.1 Å². The van der Waals surface area contributed by atoms with Gasteiger partial charge in [-0.1, -0.05) is 12.2 Å². The van der Waals surface area contributed by atoms with Gasteiger partial charge in [-0.15, -0.1) is 0 Å². The molecule has 3 rings (SSSR count). The summed E-state index contributed by atoms with van der Waals surface area (Å²) in [5.41, 5.74) is 7.72. The summed E-state index contributed by atoms with van der Waals surface area (Å²) >= 11 is 0. The van der Waals surface area contributed by atoms with Gasteiger partial charge in [-0.2, -0.15) is 0 Å². The van der Waals surface area contributed by atoms with Crippen molar-refractivity contribution in [3.8, 4) is 0 Å². The fraction of sp³-hybridized carbons (Fsp3) is 0.333. The van der Waals surface area contributed by atoms with E-state index in [0.29, 0.717) is 12.2 Å². The number of nitrogens with one attached hydrogen (secondary N) is 1. The molecular weight excluding hydrogens is 269 g/mol. The molecule has 21 heavy (non-hydrogen) atoms. The lowest BCUT2D eigenvalue weighted by Gasteiger charge is -2.30.